The molecule has 0 radical (unpaired) electrons. The lowest BCUT2D eigenvalue weighted by Gasteiger charge is -2.36. The number of amides is 2. The van der Waals surface area contributed by atoms with Crippen molar-refractivity contribution in [3.05, 3.63) is 101 Å². The molecule has 1 aliphatic heterocycles. The molecule has 0 spiro atoms. The van der Waals surface area contributed by atoms with E-state index in [4.69, 9.17) is 22.9 Å². The Kier molecular flexibility index (Phi) is 8.72. The van der Waals surface area contributed by atoms with Gasteiger partial charge in [0.1, 0.15) is 6.04 Å². The number of anilines is 1. The number of rotatable bonds is 7. The first kappa shape index (κ1) is 28.5. The van der Waals surface area contributed by atoms with Crippen LogP contribution in [0.15, 0.2) is 93.2 Å². The molecule has 0 fully saturated rings. The molecule has 1 atom stereocenters. The van der Waals surface area contributed by atoms with Crippen molar-refractivity contribution >= 4 is 40.8 Å². The lowest BCUT2D eigenvalue weighted by atomic mass is 9.92. The predicted octanol–water partition coefficient (Wildman–Crippen LogP) is 1.89. The van der Waals surface area contributed by atoms with Gasteiger partial charge in [0.2, 0.25) is 17.8 Å². The standard InChI is InChI=1S/C29H32N10O2/c1-17(35-37-28(30)31)19-10-12-20(13-11-19)27(41)39-16-23-7-4-3-6-22(23)15-25(39)26(40)34-24-9-5-8-21(14-24)18(2)36-38-29(32)33/h3-14,25H,15-16H2,1-2H3,(H,34,40)(H4,30,31,37)(H4,32,33,38)/b35-17+,36-18+. The highest BCUT2D eigenvalue weighted by Crippen LogP contribution is 2.26. The van der Waals surface area contributed by atoms with Crippen LogP contribution in [0.4, 0.5) is 5.69 Å². The Bertz CT molecular complexity index is 1570. The first-order valence-electron chi connectivity index (χ1n) is 12.8. The zero-order valence-corrected chi connectivity index (χ0v) is 22.8. The molecule has 12 heteroatoms. The second-order valence-corrected chi connectivity index (χ2v) is 9.49. The van der Waals surface area contributed by atoms with E-state index in [-0.39, 0.29) is 23.7 Å². The molecule has 0 saturated carbocycles. The third-order valence-electron chi connectivity index (χ3n) is 6.54. The Morgan fingerprint density at radius 3 is 1.95 bits per heavy atom. The first-order chi connectivity index (χ1) is 19.6. The van der Waals surface area contributed by atoms with Crippen LogP contribution in [0.1, 0.15) is 46.5 Å². The van der Waals surface area contributed by atoms with Gasteiger partial charge in [0.15, 0.2) is 0 Å². The molecule has 0 saturated heterocycles. The number of carbonyl (C=O) groups excluding carboxylic acids is 2. The van der Waals surface area contributed by atoms with Crippen molar-refractivity contribution < 1.29 is 9.59 Å². The van der Waals surface area contributed by atoms with Crippen molar-refractivity contribution in [2.45, 2.75) is 32.9 Å². The molecule has 2 amide bonds. The number of nitrogens with one attached hydrogen (secondary N) is 1. The topological polar surface area (TPSA) is 203 Å². The van der Waals surface area contributed by atoms with Gasteiger partial charge in [-0.1, -0.05) is 48.5 Å². The highest BCUT2D eigenvalue weighted by atomic mass is 16.2. The Labute approximate surface area is 237 Å². The Morgan fingerprint density at radius 1 is 0.732 bits per heavy atom. The summed E-state index contributed by atoms with van der Waals surface area (Å²) in [5.74, 6) is -0.869. The number of benzene rings is 3. The molecule has 3 aromatic carbocycles. The third kappa shape index (κ3) is 7.12. The predicted molar refractivity (Wildman–Crippen MR) is 161 cm³/mol. The molecule has 0 bridgehead atoms. The van der Waals surface area contributed by atoms with E-state index >= 15 is 0 Å². The van der Waals surface area contributed by atoms with E-state index in [0.717, 1.165) is 22.3 Å². The summed E-state index contributed by atoms with van der Waals surface area (Å²) in [5.41, 5.74) is 27.1. The van der Waals surface area contributed by atoms with Crippen LogP contribution in [0.5, 0.6) is 0 Å². The summed E-state index contributed by atoms with van der Waals surface area (Å²) in [6.45, 7) is 3.81. The minimum Gasteiger partial charge on any atom is -0.369 e. The van der Waals surface area contributed by atoms with Crippen molar-refractivity contribution in [2.24, 2.45) is 43.3 Å². The first-order valence-corrected chi connectivity index (χ1v) is 12.8. The van der Waals surface area contributed by atoms with Gasteiger partial charge >= 0.3 is 0 Å². The molecule has 4 rings (SSSR count). The van der Waals surface area contributed by atoms with Crippen molar-refractivity contribution in [3.63, 3.8) is 0 Å². The molecule has 1 heterocycles. The van der Waals surface area contributed by atoms with Crippen LogP contribution in [0.25, 0.3) is 0 Å². The Hall–Kier alpha value is -5.52. The summed E-state index contributed by atoms with van der Waals surface area (Å²) >= 11 is 0. The summed E-state index contributed by atoms with van der Waals surface area (Å²) in [5, 5.41) is 18.3. The van der Waals surface area contributed by atoms with Gasteiger partial charge in [-0.05, 0) is 60.4 Å². The van der Waals surface area contributed by atoms with Gasteiger partial charge in [-0.15, -0.1) is 10.2 Å². The van der Waals surface area contributed by atoms with E-state index in [9.17, 15) is 9.59 Å². The zero-order valence-electron chi connectivity index (χ0n) is 22.8. The van der Waals surface area contributed by atoms with Gasteiger partial charge in [0.05, 0.1) is 11.4 Å². The number of carbonyl (C=O) groups is 2. The lowest BCUT2D eigenvalue weighted by Crippen LogP contribution is -2.50. The molecule has 12 nitrogen and oxygen atoms in total. The van der Waals surface area contributed by atoms with Gasteiger partial charge in [-0.25, -0.2) is 0 Å². The van der Waals surface area contributed by atoms with Gasteiger partial charge in [-0.3, -0.25) is 9.59 Å². The van der Waals surface area contributed by atoms with Crippen molar-refractivity contribution in [2.75, 3.05) is 5.32 Å². The number of hydrogen-bond donors (Lipinski definition) is 5. The highest BCUT2D eigenvalue weighted by molar-refractivity contribution is 6.04. The summed E-state index contributed by atoms with van der Waals surface area (Å²) in [4.78, 5) is 29.0. The fourth-order valence-electron chi connectivity index (χ4n) is 4.42. The van der Waals surface area contributed by atoms with Gasteiger partial charge in [0.25, 0.3) is 5.91 Å². The Balaban J connectivity index is 1.59. The van der Waals surface area contributed by atoms with Gasteiger partial charge < -0.3 is 33.2 Å². The maximum Gasteiger partial charge on any atom is 0.254 e. The van der Waals surface area contributed by atoms with Crippen molar-refractivity contribution in [3.8, 4) is 0 Å². The number of nitrogens with two attached hydrogens (primary N) is 4. The maximum absolute atomic E-state index is 13.8. The summed E-state index contributed by atoms with van der Waals surface area (Å²) < 4.78 is 0. The molecule has 0 aromatic heterocycles. The van der Waals surface area contributed by atoms with Crippen LogP contribution < -0.4 is 28.3 Å². The molecule has 9 N–H and O–H groups in total. The molecule has 0 aliphatic carbocycles. The van der Waals surface area contributed by atoms with Crippen LogP contribution >= 0.6 is 0 Å². The average Bonchev–Trinajstić information content (AvgIpc) is 2.97. The van der Waals surface area contributed by atoms with Crippen LogP contribution in [0, 0.1) is 0 Å². The van der Waals surface area contributed by atoms with Crippen LogP contribution in [0.3, 0.4) is 0 Å². The van der Waals surface area contributed by atoms with Gasteiger partial charge in [0, 0.05) is 24.2 Å². The van der Waals surface area contributed by atoms with E-state index < -0.39 is 6.04 Å². The largest absolute Gasteiger partial charge is 0.369 e. The fourth-order valence-corrected chi connectivity index (χ4v) is 4.42. The minimum atomic E-state index is -0.734. The smallest absolute Gasteiger partial charge is 0.254 e. The summed E-state index contributed by atoms with van der Waals surface area (Å²) in [6.07, 6.45) is 0.376. The third-order valence-corrected chi connectivity index (χ3v) is 6.54. The minimum absolute atomic E-state index is 0.146. The number of guanidine groups is 2. The molecule has 1 aliphatic rings. The summed E-state index contributed by atoms with van der Waals surface area (Å²) in [6, 6.07) is 21.2. The normalized spacial score (nSPS) is 15.0. The van der Waals surface area contributed by atoms with Crippen molar-refractivity contribution in [1.29, 1.82) is 0 Å². The zero-order chi connectivity index (χ0) is 29.5. The SMILES string of the molecule is C/C(=N\N=C(N)N)c1ccc(C(=O)N2Cc3ccccc3CC2C(=O)Nc2cccc(/C(C)=N/N=C(N)N)c2)cc1. The van der Waals surface area contributed by atoms with Crippen molar-refractivity contribution in [1.82, 2.24) is 4.90 Å². The summed E-state index contributed by atoms with van der Waals surface area (Å²) in [7, 11) is 0. The average molecular weight is 553 g/mol. The van der Waals surface area contributed by atoms with E-state index in [2.05, 4.69) is 25.7 Å². The maximum atomic E-state index is 13.8. The van der Waals surface area contributed by atoms with E-state index in [1.807, 2.05) is 30.3 Å². The molecule has 41 heavy (non-hydrogen) atoms. The second kappa shape index (κ2) is 12.6. The van der Waals surface area contributed by atoms with Crippen LogP contribution in [-0.2, 0) is 17.8 Å². The molecule has 1 unspecified atom stereocenters. The Morgan fingerprint density at radius 2 is 1.32 bits per heavy atom. The fraction of sp³-hybridized carbons (Fsp3) is 0.172. The van der Waals surface area contributed by atoms with E-state index in [1.54, 1.807) is 61.2 Å². The van der Waals surface area contributed by atoms with E-state index in [0.29, 0.717) is 35.6 Å². The second-order valence-electron chi connectivity index (χ2n) is 9.49. The molecular formula is C29H32N10O2. The molecule has 210 valence electrons. The van der Waals surface area contributed by atoms with Crippen LogP contribution in [0.2, 0.25) is 0 Å². The monoisotopic (exact) mass is 552 g/mol. The highest BCUT2D eigenvalue weighted by Gasteiger charge is 2.35. The lowest BCUT2D eigenvalue weighted by molar-refractivity contribution is -0.121. The number of fused-ring (bicyclic) bond motifs is 1. The van der Waals surface area contributed by atoms with Gasteiger partial charge in [-0.2, -0.15) is 10.2 Å². The quantitative estimate of drug-likeness (QED) is 0.168. The number of hydrogen-bond acceptors (Lipinski definition) is 6. The molecular weight excluding hydrogens is 520 g/mol. The van der Waals surface area contributed by atoms with Crippen LogP contribution in [-0.4, -0.2) is 46.1 Å². The molecule has 3 aromatic rings. The van der Waals surface area contributed by atoms with E-state index in [1.165, 1.54) is 0 Å². The number of nitrogens with zero attached hydrogens (tertiary/aromatic N) is 5.